The SMILES string of the molecule is CC(O)COC(C)COCC(O)C(O)C(O)C(O)COCC(C)OCC(C)O. The van der Waals surface area contributed by atoms with E-state index in [1.807, 2.05) is 0 Å². The van der Waals surface area contributed by atoms with E-state index in [1.54, 1.807) is 27.7 Å². The van der Waals surface area contributed by atoms with Crippen LogP contribution in [0.1, 0.15) is 27.7 Å². The molecule has 0 fully saturated rings. The van der Waals surface area contributed by atoms with Crippen LogP contribution in [0.2, 0.25) is 0 Å². The van der Waals surface area contributed by atoms with Gasteiger partial charge in [0.2, 0.25) is 0 Å². The smallest absolute Gasteiger partial charge is 0.111 e. The van der Waals surface area contributed by atoms with Gasteiger partial charge in [-0.1, -0.05) is 0 Å². The Hall–Kier alpha value is -0.400. The number of hydrogen-bond acceptors (Lipinski definition) is 10. The van der Waals surface area contributed by atoms with E-state index in [2.05, 4.69) is 0 Å². The van der Waals surface area contributed by atoms with Crippen LogP contribution in [-0.4, -0.2) is 119 Å². The molecular formula is C18H38O10. The van der Waals surface area contributed by atoms with E-state index in [1.165, 1.54) is 0 Å². The number of aliphatic hydroxyl groups excluding tert-OH is 6. The summed E-state index contributed by atoms with van der Waals surface area (Å²) in [6, 6.07) is 0. The highest BCUT2D eigenvalue weighted by molar-refractivity contribution is 4.81. The first-order valence-corrected chi connectivity index (χ1v) is 9.51. The minimum atomic E-state index is -1.63. The van der Waals surface area contributed by atoms with Crippen LogP contribution in [0.15, 0.2) is 0 Å². The molecule has 0 aromatic heterocycles. The molecule has 0 aromatic carbocycles. The molecule has 10 nitrogen and oxygen atoms in total. The van der Waals surface area contributed by atoms with Crippen molar-refractivity contribution in [1.82, 2.24) is 0 Å². The lowest BCUT2D eigenvalue weighted by Crippen LogP contribution is -2.48. The van der Waals surface area contributed by atoms with Crippen molar-refractivity contribution in [2.24, 2.45) is 0 Å². The van der Waals surface area contributed by atoms with Crippen molar-refractivity contribution < 1.29 is 49.6 Å². The third-order valence-electron chi connectivity index (χ3n) is 3.66. The van der Waals surface area contributed by atoms with E-state index in [-0.39, 0.29) is 51.8 Å². The summed E-state index contributed by atoms with van der Waals surface area (Å²) in [4.78, 5) is 0. The molecule has 28 heavy (non-hydrogen) atoms. The fourth-order valence-corrected chi connectivity index (χ4v) is 2.07. The Balaban J connectivity index is 4.04. The zero-order chi connectivity index (χ0) is 21.7. The van der Waals surface area contributed by atoms with E-state index < -0.39 is 36.6 Å². The van der Waals surface area contributed by atoms with Crippen molar-refractivity contribution >= 4 is 0 Å². The first-order chi connectivity index (χ1) is 13.0. The van der Waals surface area contributed by atoms with E-state index >= 15 is 0 Å². The van der Waals surface area contributed by atoms with Gasteiger partial charge >= 0.3 is 0 Å². The highest BCUT2D eigenvalue weighted by Gasteiger charge is 2.30. The molecule has 0 aliphatic rings. The van der Waals surface area contributed by atoms with Gasteiger partial charge in [0.25, 0.3) is 0 Å². The molecule has 6 N–H and O–H groups in total. The lowest BCUT2D eigenvalue weighted by atomic mass is 10.0. The van der Waals surface area contributed by atoms with Crippen LogP contribution < -0.4 is 0 Å². The zero-order valence-electron chi connectivity index (χ0n) is 17.2. The normalized spacial score (nSPS) is 20.8. The maximum absolute atomic E-state index is 9.94. The molecule has 0 bridgehead atoms. The van der Waals surface area contributed by atoms with Crippen LogP contribution in [0.25, 0.3) is 0 Å². The Bertz CT molecular complexity index is 334. The van der Waals surface area contributed by atoms with Gasteiger partial charge in [0, 0.05) is 0 Å². The van der Waals surface area contributed by atoms with Crippen molar-refractivity contribution in [2.45, 2.75) is 76.5 Å². The Kier molecular flexibility index (Phi) is 15.2. The molecule has 0 aliphatic heterocycles. The second-order valence-corrected chi connectivity index (χ2v) is 7.18. The second kappa shape index (κ2) is 15.4. The summed E-state index contributed by atoms with van der Waals surface area (Å²) in [5.74, 6) is 0. The lowest BCUT2D eigenvalue weighted by Gasteiger charge is -2.27. The largest absolute Gasteiger partial charge is 0.391 e. The average Bonchev–Trinajstić information content (AvgIpc) is 2.63. The van der Waals surface area contributed by atoms with Gasteiger partial charge < -0.3 is 49.6 Å². The van der Waals surface area contributed by atoms with Gasteiger partial charge in [-0.15, -0.1) is 0 Å². The molecule has 0 aliphatic carbocycles. The maximum Gasteiger partial charge on any atom is 0.111 e. The van der Waals surface area contributed by atoms with Crippen molar-refractivity contribution in [3.63, 3.8) is 0 Å². The van der Waals surface area contributed by atoms with E-state index in [0.29, 0.717) is 0 Å². The topological polar surface area (TPSA) is 158 Å². The lowest BCUT2D eigenvalue weighted by molar-refractivity contribution is -0.141. The van der Waals surface area contributed by atoms with E-state index in [4.69, 9.17) is 29.2 Å². The number of ether oxygens (including phenoxy) is 4. The Morgan fingerprint density at radius 3 is 1.11 bits per heavy atom. The number of rotatable bonds is 17. The average molecular weight is 414 g/mol. The molecular weight excluding hydrogens is 376 g/mol. The van der Waals surface area contributed by atoms with Crippen LogP contribution in [-0.2, 0) is 18.9 Å². The molecule has 170 valence electrons. The van der Waals surface area contributed by atoms with Crippen molar-refractivity contribution in [3.8, 4) is 0 Å². The van der Waals surface area contributed by atoms with Gasteiger partial charge in [0.05, 0.1) is 64.1 Å². The molecule has 0 rings (SSSR count). The Labute approximate surface area is 166 Å². The van der Waals surface area contributed by atoms with Crippen molar-refractivity contribution in [2.75, 3.05) is 39.6 Å². The predicted octanol–water partition coefficient (Wildman–Crippen LogP) is -1.96. The summed E-state index contributed by atoms with van der Waals surface area (Å²) in [6.45, 7) is 6.68. The fraction of sp³-hybridized carbons (Fsp3) is 1.00. The summed E-state index contributed by atoms with van der Waals surface area (Å²) in [6.07, 6.45) is -7.92. The predicted molar refractivity (Wildman–Crippen MR) is 99.9 cm³/mol. The van der Waals surface area contributed by atoms with Gasteiger partial charge in [0.15, 0.2) is 0 Å². The third kappa shape index (κ3) is 13.7. The van der Waals surface area contributed by atoms with E-state index in [9.17, 15) is 20.4 Å². The Morgan fingerprint density at radius 1 is 0.500 bits per heavy atom. The Morgan fingerprint density at radius 2 is 0.821 bits per heavy atom. The maximum atomic E-state index is 9.94. The highest BCUT2D eigenvalue weighted by atomic mass is 16.5. The summed E-state index contributed by atoms with van der Waals surface area (Å²) in [7, 11) is 0. The summed E-state index contributed by atoms with van der Waals surface area (Å²) < 4.78 is 21.0. The quantitative estimate of drug-likeness (QED) is 0.158. The fourth-order valence-electron chi connectivity index (χ4n) is 2.07. The van der Waals surface area contributed by atoms with Crippen molar-refractivity contribution in [3.05, 3.63) is 0 Å². The molecule has 0 saturated carbocycles. The minimum Gasteiger partial charge on any atom is -0.391 e. The molecule has 0 heterocycles. The highest BCUT2D eigenvalue weighted by Crippen LogP contribution is 2.08. The second-order valence-electron chi connectivity index (χ2n) is 7.18. The van der Waals surface area contributed by atoms with Gasteiger partial charge in [-0.3, -0.25) is 0 Å². The van der Waals surface area contributed by atoms with Gasteiger partial charge in [-0.2, -0.15) is 0 Å². The molecule has 0 aromatic rings. The van der Waals surface area contributed by atoms with Crippen molar-refractivity contribution in [1.29, 1.82) is 0 Å². The standard InChI is InChI=1S/C18H38O10/c1-11(19)5-27-13(3)7-25-9-15(21)17(23)18(24)16(22)10-26-8-14(4)28-6-12(2)20/h11-24H,5-10H2,1-4H3. The molecule has 0 radical (unpaired) electrons. The van der Waals surface area contributed by atoms with Crippen LogP contribution in [0.4, 0.5) is 0 Å². The van der Waals surface area contributed by atoms with E-state index in [0.717, 1.165) is 0 Å². The van der Waals surface area contributed by atoms with Crippen LogP contribution in [0.3, 0.4) is 0 Å². The van der Waals surface area contributed by atoms with Crippen LogP contribution in [0.5, 0.6) is 0 Å². The minimum absolute atomic E-state index is 0.128. The summed E-state index contributed by atoms with van der Waals surface area (Å²) >= 11 is 0. The van der Waals surface area contributed by atoms with Crippen LogP contribution >= 0.6 is 0 Å². The summed E-state index contributed by atoms with van der Waals surface area (Å²) in [5, 5.41) is 57.9. The molecule has 0 spiro atoms. The zero-order valence-corrected chi connectivity index (χ0v) is 17.2. The molecule has 10 heteroatoms. The molecule has 8 unspecified atom stereocenters. The third-order valence-corrected chi connectivity index (χ3v) is 3.66. The molecule has 0 amide bonds. The van der Waals surface area contributed by atoms with Gasteiger partial charge in [-0.25, -0.2) is 0 Å². The number of aliphatic hydroxyl groups is 6. The first kappa shape index (κ1) is 27.6. The molecule has 8 atom stereocenters. The molecule has 0 saturated heterocycles. The summed E-state index contributed by atoms with van der Waals surface area (Å²) in [5.41, 5.74) is 0. The monoisotopic (exact) mass is 414 g/mol. The van der Waals surface area contributed by atoms with Crippen LogP contribution in [0, 0.1) is 0 Å². The van der Waals surface area contributed by atoms with Gasteiger partial charge in [-0.05, 0) is 27.7 Å². The van der Waals surface area contributed by atoms with Gasteiger partial charge in [0.1, 0.15) is 24.4 Å². The first-order valence-electron chi connectivity index (χ1n) is 9.51. The number of hydrogen-bond donors (Lipinski definition) is 6.